The molecule has 0 saturated carbocycles. The van der Waals surface area contributed by atoms with Crippen molar-refractivity contribution in [1.29, 1.82) is 0 Å². The van der Waals surface area contributed by atoms with Crippen molar-refractivity contribution in [1.82, 2.24) is 10.2 Å². The zero-order valence-corrected chi connectivity index (χ0v) is 12.4. The molecule has 1 atom stereocenters. The molecule has 0 bridgehead atoms. The minimum absolute atomic E-state index is 0.0747. The maximum absolute atomic E-state index is 12.1. The Morgan fingerprint density at radius 3 is 2.76 bits per heavy atom. The highest BCUT2D eigenvalue weighted by Crippen LogP contribution is 2.30. The number of urea groups is 1. The van der Waals surface area contributed by atoms with Crippen molar-refractivity contribution in [2.45, 2.75) is 13.0 Å². The van der Waals surface area contributed by atoms with Crippen molar-refractivity contribution in [2.75, 3.05) is 14.2 Å². The summed E-state index contributed by atoms with van der Waals surface area (Å²) < 4.78 is 4.83. The lowest BCUT2D eigenvalue weighted by Gasteiger charge is -2.33. The van der Waals surface area contributed by atoms with E-state index in [1.807, 2.05) is 7.85 Å². The van der Waals surface area contributed by atoms with Gasteiger partial charge in [0.05, 0.1) is 18.7 Å². The van der Waals surface area contributed by atoms with E-state index in [2.05, 4.69) is 5.32 Å². The number of ether oxygens (including phenoxy) is 1. The second-order valence-corrected chi connectivity index (χ2v) is 4.97. The molecule has 0 radical (unpaired) electrons. The molecule has 2 N–H and O–H groups in total. The molecule has 1 unspecified atom stereocenters. The van der Waals surface area contributed by atoms with Crippen LogP contribution in [0.5, 0.6) is 5.75 Å². The molecule has 2 amide bonds. The number of allylic oxidation sites excluding steroid dienone is 1. The number of hydrogen-bond acceptors (Lipinski definition) is 4. The molecule has 2 rings (SSSR count). The minimum atomic E-state index is -0.645. The van der Waals surface area contributed by atoms with E-state index in [-0.39, 0.29) is 11.8 Å². The Kier molecular flexibility index (Phi) is 3.93. The maximum Gasteiger partial charge on any atom is 0.337 e. The van der Waals surface area contributed by atoms with Gasteiger partial charge in [-0.2, -0.15) is 0 Å². The molecule has 0 aliphatic carbocycles. The molecule has 0 spiro atoms. The number of methoxy groups -OCH3 is 1. The lowest BCUT2D eigenvalue weighted by Crippen LogP contribution is -2.47. The van der Waals surface area contributed by atoms with Crippen molar-refractivity contribution in [3.8, 4) is 5.75 Å². The number of aromatic hydroxyl groups is 1. The third-order valence-electron chi connectivity index (χ3n) is 3.73. The van der Waals surface area contributed by atoms with Crippen LogP contribution in [0.2, 0.25) is 0 Å². The molecule has 1 aliphatic rings. The number of esters is 1. The van der Waals surface area contributed by atoms with Crippen LogP contribution in [0.4, 0.5) is 4.79 Å². The Balaban J connectivity index is 2.62. The van der Waals surface area contributed by atoms with Gasteiger partial charge in [0.15, 0.2) is 0 Å². The van der Waals surface area contributed by atoms with Gasteiger partial charge in [0, 0.05) is 12.7 Å². The van der Waals surface area contributed by atoms with E-state index in [9.17, 15) is 14.7 Å². The van der Waals surface area contributed by atoms with Crippen LogP contribution in [0.1, 0.15) is 18.5 Å². The molecular formula is C14H17BN2O4. The Morgan fingerprint density at radius 1 is 1.48 bits per heavy atom. The van der Waals surface area contributed by atoms with Crippen LogP contribution in [0.15, 0.2) is 29.5 Å². The number of rotatable bonds is 2. The molecule has 1 heterocycles. The van der Waals surface area contributed by atoms with Gasteiger partial charge in [-0.25, -0.2) is 9.59 Å². The van der Waals surface area contributed by atoms with E-state index in [0.29, 0.717) is 16.8 Å². The summed E-state index contributed by atoms with van der Waals surface area (Å²) in [5.41, 5.74) is 2.40. The predicted octanol–water partition coefficient (Wildman–Crippen LogP) is -0.206. The molecule has 110 valence electrons. The average molecular weight is 288 g/mol. The lowest BCUT2D eigenvalue weighted by molar-refractivity contribution is -0.136. The maximum atomic E-state index is 12.1. The number of carbonyl (C=O) groups excluding carboxylic acids is 2. The van der Waals surface area contributed by atoms with E-state index in [0.717, 1.165) is 5.46 Å². The van der Waals surface area contributed by atoms with Crippen LogP contribution in [-0.2, 0) is 9.53 Å². The highest BCUT2D eigenvalue weighted by Gasteiger charge is 2.35. The van der Waals surface area contributed by atoms with Gasteiger partial charge in [-0.05, 0) is 24.6 Å². The fourth-order valence-corrected chi connectivity index (χ4v) is 2.38. The molecule has 0 fully saturated rings. The number of carbonyl (C=O) groups is 2. The standard InChI is InChI=1S/C14H17BN2O4/c1-7-11(13(19)21-3)12(16-14(20)17(7)2)9-6-8(18)4-5-10(9)15/h4-6,12,18H,15H2,1-3H3,(H,16,20). The first-order valence-electron chi connectivity index (χ1n) is 6.49. The third kappa shape index (κ3) is 2.59. The van der Waals surface area contributed by atoms with Crippen molar-refractivity contribution >= 4 is 25.3 Å². The average Bonchev–Trinajstić information content (AvgIpc) is 2.46. The van der Waals surface area contributed by atoms with E-state index in [1.54, 1.807) is 32.2 Å². The topological polar surface area (TPSA) is 78.9 Å². The summed E-state index contributed by atoms with van der Waals surface area (Å²) in [6, 6.07) is 3.88. The number of benzene rings is 1. The highest BCUT2D eigenvalue weighted by molar-refractivity contribution is 6.33. The smallest absolute Gasteiger partial charge is 0.337 e. The van der Waals surface area contributed by atoms with Crippen molar-refractivity contribution in [2.24, 2.45) is 0 Å². The first kappa shape index (κ1) is 15.0. The zero-order chi connectivity index (χ0) is 15.7. The molecule has 6 nitrogen and oxygen atoms in total. The molecule has 0 saturated heterocycles. The zero-order valence-electron chi connectivity index (χ0n) is 12.4. The summed E-state index contributed by atoms with van der Waals surface area (Å²) in [7, 11) is 4.73. The third-order valence-corrected chi connectivity index (χ3v) is 3.73. The van der Waals surface area contributed by atoms with Crippen molar-refractivity contribution in [3.05, 3.63) is 35.0 Å². The number of hydrogen-bond donors (Lipinski definition) is 2. The monoisotopic (exact) mass is 288 g/mol. The van der Waals surface area contributed by atoms with Crippen LogP contribution < -0.4 is 10.8 Å². The fraction of sp³-hybridized carbons (Fsp3) is 0.286. The quantitative estimate of drug-likeness (QED) is 0.583. The van der Waals surface area contributed by atoms with Crippen molar-refractivity contribution in [3.63, 3.8) is 0 Å². The van der Waals surface area contributed by atoms with Crippen molar-refractivity contribution < 1.29 is 19.4 Å². The predicted molar refractivity (Wildman–Crippen MR) is 80.0 cm³/mol. The molecule has 1 aromatic rings. The van der Waals surface area contributed by atoms with Crippen LogP contribution in [0.3, 0.4) is 0 Å². The normalized spacial score (nSPS) is 18.5. The first-order valence-corrected chi connectivity index (χ1v) is 6.49. The molecule has 21 heavy (non-hydrogen) atoms. The van der Waals surface area contributed by atoms with Gasteiger partial charge in [0.2, 0.25) is 0 Å². The molecule has 0 aromatic heterocycles. The summed E-state index contributed by atoms with van der Waals surface area (Å²) in [6.07, 6.45) is 0. The number of phenols is 1. The molecule has 7 heteroatoms. The number of nitrogens with one attached hydrogen (secondary N) is 1. The van der Waals surface area contributed by atoms with E-state index >= 15 is 0 Å². The number of phenolic OH excluding ortho intramolecular Hbond substituents is 1. The summed E-state index contributed by atoms with van der Waals surface area (Å²) in [4.78, 5) is 25.5. The van der Waals surface area contributed by atoms with Crippen LogP contribution in [0.25, 0.3) is 0 Å². The SMILES string of the molecule is Bc1ccc(O)cc1C1NC(=O)N(C)C(C)=C1C(=O)OC. The largest absolute Gasteiger partial charge is 0.508 e. The lowest BCUT2D eigenvalue weighted by atomic mass is 9.83. The molecular weight excluding hydrogens is 271 g/mol. The van der Waals surface area contributed by atoms with Gasteiger partial charge in [0.25, 0.3) is 0 Å². The molecule has 1 aromatic carbocycles. The minimum Gasteiger partial charge on any atom is -0.508 e. The fourth-order valence-electron chi connectivity index (χ4n) is 2.38. The van der Waals surface area contributed by atoms with Gasteiger partial charge in [-0.1, -0.05) is 11.5 Å². The summed E-state index contributed by atoms with van der Waals surface area (Å²) in [5, 5.41) is 12.4. The first-order chi connectivity index (χ1) is 9.86. The Morgan fingerprint density at radius 2 is 2.14 bits per heavy atom. The Bertz CT molecular complexity index is 642. The van der Waals surface area contributed by atoms with E-state index < -0.39 is 12.0 Å². The summed E-state index contributed by atoms with van der Waals surface area (Å²) >= 11 is 0. The van der Waals surface area contributed by atoms with Crippen LogP contribution in [-0.4, -0.2) is 44.0 Å². The van der Waals surface area contributed by atoms with Gasteiger partial charge in [-0.3, -0.25) is 0 Å². The van der Waals surface area contributed by atoms with Gasteiger partial charge < -0.3 is 20.1 Å². The second kappa shape index (κ2) is 5.51. The van der Waals surface area contributed by atoms with Crippen LogP contribution in [0, 0.1) is 0 Å². The van der Waals surface area contributed by atoms with Gasteiger partial charge in [-0.15, -0.1) is 0 Å². The number of amides is 2. The highest BCUT2D eigenvalue weighted by atomic mass is 16.5. The van der Waals surface area contributed by atoms with Gasteiger partial charge >= 0.3 is 12.0 Å². The van der Waals surface area contributed by atoms with E-state index in [4.69, 9.17) is 4.74 Å². The molecule has 1 aliphatic heterocycles. The Hall–Kier alpha value is -2.44. The van der Waals surface area contributed by atoms with Crippen LogP contribution >= 0.6 is 0 Å². The Labute approximate surface area is 123 Å². The number of nitrogens with zero attached hydrogens (tertiary/aromatic N) is 1. The summed E-state index contributed by atoms with van der Waals surface area (Å²) in [5.74, 6) is -0.433. The second-order valence-electron chi connectivity index (χ2n) is 4.97. The van der Waals surface area contributed by atoms with Gasteiger partial charge in [0.1, 0.15) is 13.6 Å². The van der Waals surface area contributed by atoms with E-state index in [1.165, 1.54) is 12.0 Å². The summed E-state index contributed by atoms with van der Waals surface area (Å²) in [6.45, 7) is 1.69.